The van der Waals surface area contributed by atoms with Crippen LogP contribution in [0.4, 0.5) is 11.4 Å². The molecule has 5 nitrogen and oxygen atoms in total. The number of carbonyl (C=O) groups excluding carboxylic acids is 3. The molecule has 3 aromatic carbocycles. The number of ether oxygens (including phenoxy) is 1. The predicted molar refractivity (Wildman–Crippen MR) is 132 cm³/mol. The fourth-order valence-corrected chi connectivity index (χ4v) is 4.16. The van der Waals surface area contributed by atoms with Gasteiger partial charge in [-0.2, -0.15) is 0 Å². The Morgan fingerprint density at radius 1 is 0.765 bits per heavy atom. The first-order valence-corrected chi connectivity index (χ1v) is 11.5. The van der Waals surface area contributed by atoms with Crippen LogP contribution in [0.2, 0.25) is 5.02 Å². The van der Waals surface area contributed by atoms with E-state index in [1.54, 1.807) is 29.2 Å². The molecule has 6 heteroatoms. The van der Waals surface area contributed by atoms with Crippen LogP contribution in [-0.2, 0) is 14.3 Å². The number of hydrogen-bond donors (Lipinski definition) is 0. The number of nitrogens with zero attached hydrogens (tertiary/aromatic N) is 1. The largest absolute Gasteiger partial charge is 0.457 e. The van der Waals surface area contributed by atoms with Gasteiger partial charge in [0.15, 0.2) is 12.4 Å². The normalized spacial score (nSPS) is 17.1. The molecule has 0 heterocycles. The summed E-state index contributed by atoms with van der Waals surface area (Å²) in [4.78, 5) is 40.9. The Labute approximate surface area is 203 Å². The second kappa shape index (κ2) is 10.9. The third-order valence-electron chi connectivity index (χ3n) is 5.81. The average molecular weight is 474 g/mol. The Balaban J connectivity index is 1.52. The zero-order chi connectivity index (χ0) is 23.9. The van der Waals surface area contributed by atoms with Gasteiger partial charge in [0.2, 0.25) is 5.91 Å². The number of rotatable bonds is 7. The zero-order valence-corrected chi connectivity index (χ0v) is 19.2. The highest BCUT2D eigenvalue weighted by Gasteiger charge is 2.38. The number of amides is 1. The molecule has 0 radical (unpaired) electrons. The molecule has 34 heavy (non-hydrogen) atoms. The quantitative estimate of drug-likeness (QED) is 0.239. The smallest absolute Gasteiger partial charge is 0.310 e. The van der Waals surface area contributed by atoms with Crippen LogP contribution in [0.15, 0.2) is 97.1 Å². The fraction of sp³-hybridized carbons (Fsp3) is 0.179. The summed E-state index contributed by atoms with van der Waals surface area (Å²) in [5.41, 5.74) is 1.85. The Morgan fingerprint density at radius 2 is 1.29 bits per heavy atom. The lowest BCUT2D eigenvalue weighted by Gasteiger charge is -2.32. The van der Waals surface area contributed by atoms with Gasteiger partial charge >= 0.3 is 5.97 Å². The Kier molecular flexibility index (Phi) is 7.55. The first kappa shape index (κ1) is 23.5. The highest BCUT2D eigenvalue weighted by molar-refractivity contribution is 6.30. The molecule has 0 spiro atoms. The van der Waals surface area contributed by atoms with E-state index in [1.807, 2.05) is 72.8 Å². The van der Waals surface area contributed by atoms with Crippen LogP contribution in [0.1, 0.15) is 23.2 Å². The molecule has 3 aromatic rings. The molecular formula is C28H24ClNO4. The molecule has 0 aliphatic heterocycles. The summed E-state index contributed by atoms with van der Waals surface area (Å²) in [6, 6.07) is 25.1. The van der Waals surface area contributed by atoms with Crippen molar-refractivity contribution in [3.05, 3.63) is 108 Å². The first-order chi connectivity index (χ1) is 16.5. The lowest BCUT2D eigenvalue weighted by molar-refractivity contribution is -0.151. The molecule has 1 amide bonds. The summed E-state index contributed by atoms with van der Waals surface area (Å²) in [5.74, 6) is -2.35. The van der Waals surface area contributed by atoms with Crippen LogP contribution >= 0.6 is 11.6 Å². The Morgan fingerprint density at radius 3 is 1.85 bits per heavy atom. The Bertz CT molecular complexity index is 1140. The third kappa shape index (κ3) is 5.43. The van der Waals surface area contributed by atoms with Crippen LogP contribution in [0, 0.1) is 11.8 Å². The van der Waals surface area contributed by atoms with Gasteiger partial charge in [0.05, 0.1) is 11.8 Å². The van der Waals surface area contributed by atoms with Gasteiger partial charge in [0.25, 0.3) is 0 Å². The molecule has 1 aliphatic rings. The van der Waals surface area contributed by atoms with E-state index in [1.165, 1.54) is 0 Å². The van der Waals surface area contributed by atoms with E-state index < -0.39 is 17.8 Å². The molecule has 0 aromatic heterocycles. The topological polar surface area (TPSA) is 63.7 Å². The van der Waals surface area contributed by atoms with Crippen molar-refractivity contribution in [3.8, 4) is 0 Å². The number of anilines is 2. The first-order valence-electron chi connectivity index (χ1n) is 11.1. The number of ketones is 1. The van der Waals surface area contributed by atoms with Crippen molar-refractivity contribution >= 4 is 40.6 Å². The zero-order valence-electron chi connectivity index (χ0n) is 18.5. The summed E-state index contributed by atoms with van der Waals surface area (Å²) < 4.78 is 5.37. The maximum atomic E-state index is 13.8. The van der Waals surface area contributed by atoms with Crippen LogP contribution in [0.25, 0.3) is 0 Å². The number of esters is 1. The molecule has 2 unspecified atom stereocenters. The standard InChI is InChI=1S/C28H24ClNO4/c29-21-17-15-20(16-18-21)26(31)19-34-28(33)25-14-8-7-13-24(25)27(32)30(22-9-3-1-4-10-22)23-11-5-2-6-12-23/h1-12,15-18,24-25H,13-14,19H2. The van der Waals surface area contributed by atoms with E-state index in [0.29, 0.717) is 23.4 Å². The summed E-state index contributed by atoms with van der Waals surface area (Å²) >= 11 is 5.87. The number of Topliss-reactive ketones (excluding diaryl/α,β-unsaturated/α-hetero) is 1. The van der Waals surface area contributed by atoms with Crippen molar-refractivity contribution in [2.45, 2.75) is 12.8 Å². The van der Waals surface area contributed by atoms with Gasteiger partial charge in [-0.1, -0.05) is 60.2 Å². The van der Waals surface area contributed by atoms with Gasteiger partial charge in [-0.15, -0.1) is 0 Å². The SMILES string of the molecule is O=C(COC(=O)C1CC=CCC1C(=O)N(c1ccccc1)c1ccccc1)c1ccc(Cl)cc1. The van der Waals surface area contributed by atoms with Crippen LogP contribution in [0.3, 0.4) is 0 Å². The van der Waals surface area contributed by atoms with Gasteiger partial charge < -0.3 is 4.74 Å². The monoisotopic (exact) mass is 473 g/mol. The van der Waals surface area contributed by atoms with Gasteiger partial charge in [-0.3, -0.25) is 19.3 Å². The van der Waals surface area contributed by atoms with Crippen molar-refractivity contribution in [1.29, 1.82) is 0 Å². The maximum absolute atomic E-state index is 13.8. The van der Waals surface area contributed by atoms with Crippen molar-refractivity contribution < 1.29 is 19.1 Å². The molecule has 4 rings (SSSR count). The summed E-state index contributed by atoms with van der Waals surface area (Å²) in [5, 5.41) is 0.519. The van der Waals surface area contributed by atoms with Gasteiger partial charge in [0.1, 0.15) is 0 Å². The van der Waals surface area contributed by atoms with Crippen LogP contribution in [0.5, 0.6) is 0 Å². The highest BCUT2D eigenvalue weighted by atomic mass is 35.5. The minimum absolute atomic E-state index is 0.187. The number of benzene rings is 3. The molecule has 1 aliphatic carbocycles. The van der Waals surface area contributed by atoms with E-state index in [-0.39, 0.29) is 18.3 Å². The number of para-hydroxylation sites is 2. The molecule has 0 saturated carbocycles. The Hall–Kier alpha value is -3.70. The minimum atomic E-state index is -0.676. The molecule has 2 atom stereocenters. The van der Waals surface area contributed by atoms with Gasteiger partial charge in [-0.25, -0.2) is 0 Å². The van der Waals surface area contributed by atoms with Crippen molar-refractivity contribution in [2.75, 3.05) is 11.5 Å². The lowest BCUT2D eigenvalue weighted by atomic mass is 9.81. The predicted octanol–water partition coefficient (Wildman–Crippen LogP) is 6.01. The van der Waals surface area contributed by atoms with E-state index >= 15 is 0 Å². The van der Waals surface area contributed by atoms with Crippen molar-refractivity contribution in [2.24, 2.45) is 11.8 Å². The molecule has 0 bridgehead atoms. The summed E-state index contributed by atoms with van der Waals surface area (Å²) in [7, 11) is 0. The van der Waals surface area contributed by atoms with Crippen molar-refractivity contribution in [1.82, 2.24) is 0 Å². The summed E-state index contributed by atoms with van der Waals surface area (Å²) in [6.45, 7) is -0.386. The fourth-order valence-electron chi connectivity index (χ4n) is 4.03. The second-order valence-corrected chi connectivity index (χ2v) is 8.47. The summed E-state index contributed by atoms with van der Waals surface area (Å²) in [6.07, 6.45) is 4.59. The molecule has 0 N–H and O–H groups in total. The molecule has 0 fully saturated rings. The minimum Gasteiger partial charge on any atom is -0.457 e. The van der Waals surface area contributed by atoms with Gasteiger partial charge in [-0.05, 0) is 61.4 Å². The molecular weight excluding hydrogens is 450 g/mol. The van der Waals surface area contributed by atoms with Crippen LogP contribution in [-0.4, -0.2) is 24.3 Å². The maximum Gasteiger partial charge on any atom is 0.310 e. The van der Waals surface area contributed by atoms with Crippen LogP contribution < -0.4 is 4.90 Å². The van der Waals surface area contributed by atoms with E-state index in [4.69, 9.17) is 16.3 Å². The third-order valence-corrected chi connectivity index (χ3v) is 6.07. The second-order valence-electron chi connectivity index (χ2n) is 8.04. The average Bonchev–Trinajstić information content (AvgIpc) is 2.89. The van der Waals surface area contributed by atoms with E-state index in [2.05, 4.69) is 0 Å². The number of halogens is 1. The highest BCUT2D eigenvalue weighted by Crippen LogP contribution is 2.34. The molecule has 0 saturated heterocycles. The number of carbonyl (C=O) groups is 3. The molecule has 172 valence electrons. The van der Waals surface area contributed by atoms with Crippen molar-refractivity contribution in [3.63, 3.8) is 0 Å². The lowest BCUT2D eigenvalue weighted by Crippen LogP contribution is -2.40. The van der Waals surface area contributed by atoms with E-state index in [0.717, 1.165) is 11.4 Å². The number of hydrogen-bond acceptors (Lipinski definition) is 4. The van der Waals surface area contributed by atoms with Gasteiger partial charge in [0, 0.05) is 22.0 Å². The number of allylic oxidation sites excluding steroid dienone is 2. The van der Waals surface area contributed by atoms with E-state index in [9.17, 15) is 14.4 Å².